The maximum Gasteiger partial charge on any atom is 0.408 e. The van der Waals surface area contributed by atoms with Crippen molar-refractivity contribution in [3.8, 4) is 0 Å². The van der Waals surface area contributed by atoms with E-state index in [0.717, 1.165) is 5.56 Å². The minimum absolute atomic E-state index is 0.0690. The third-order valence-electron chi connectivity index (χ3n) is 2.86. The van der Waals surface area contributed by atoms with Gasteiger partial charge in [-0.05, 0) is 26.3 Å². The molecule has 1 atom stereocenters. The molecule has 0 fully saturated rings. The number of nitrogens with one attached hydrogen (secondary N) is 2. The van der Waals surface area contributed by atoms with Crippen LogP contribution in [0.3, 0.4) is 0 Å². The van der Waals surface area contributed by atoms with Crippen molar-refractivity contribution in [1.82, 2.24) is 10.6 Å². The fourth-order valence-corrected chi connectivity index (χ4v) is 1.84. The van der Waals surface area contributed by atoms with E-state index in [9.17, 15) is 14.4 Å². The summed E-state index contributed by atoms with van der Waals surface area (Å²) in [6, 6.07) is 8.06. The van der Waals surface area contributed by atoms with Crippen LogP contribution in [0.5, 0.6) is 0 Å². The highest BCUT2D eigenvalue weighted by molar-refractivity contribution is 5.89. The van der Waals surface area contributed by atoms with Gasteiger partial charge in [0.2, 0.25) is 5.91 Å². The van der Waals surface area contributed by atoms with Crippen LogP contribution in [0, 0.1) is 0 Å². The van der Waals surface area contributed by atoms with Crippen molar-refractivity contribution in [2.75, 3.05) is 7.05 Å². The van der Waals surface area contributed by atoms with Gasteiger partial charge in [0.05, 0.1) is 6.42 Å². The van der Waals surface area contributed by atoms with Gasteiger partial charge in [0.15, 0.2) is 0 Å². The molecule has 0 aliphatic rings. The van der Waals surface area contributed by atoms with Crippen LogP contribution in [0.1, 0.15) is 32.8 Å². The van der Waals surface area contributed by atoms with Gasteiger partial charge in [-0.15, -0.1) is 0 Å². The van der Waals surface area contributed by atoms with E-state index >= 15 is 0 Å². The number of amides is 2. The Morgan fingerprint density at radius 3 is 2.29 bits per heavy atom. The average Bonchev–Trinajstić information content (AvgIpc) is 2.50. The van der Waals surface area contributed by atoms with Gasteiger partial charge >= 0.3 is 12.1 Å². The Bertz CT molecular complexity index is 566. The van der Waals surface area contributed by atoms with E-state index in [1.165, 1.54) is 7.05 Å². The Morgan fingerprint density at radius 1 is 1.12 bits per heavy atom. The van der Waals surface area contributed by atoms with Crippen molar-refractivity contribution in [3.05, 3.63) is 35.9 Å². The summed E-state index contributed by atoms with van der Waals surface area (Å²) in [5, 5.41) is 4.78. The highest BCUT2D eigenvalue weighted by Gasteiger charge is 2.26. The van der Waals surface area contributed by atoms with Gasteiger partial charge in [-0.3, -0.25) is 9.59 Å². The molecule has 0 saturated heterocycles. The van der Waals surface area contributed by atoms with Crippen molar-refractivity contribution in [2.24, 2.45) is 0 Å². The predicted molar refractivity (Wildman–Crippen MR) is 88.1 cm³/mol. The maximum atomic E-state index is 11.9. The third-order valence-corrected chi connectivity index (χ3v) is 2.86. The fourth-order valence-electron chi connectivity index (χ4n) is 1.84. The van der Waals surface area contributed by atoms with Crippen LogP contribution in [0.4, 0.5) is 4.79 Å². The predicted octanol–water partition coefficient (Wildman–Crippen LogP) is 1.76. The molecule has 0 aliphatic heterocycles. The zero-order valence-electron chi connectivity index (χ0n) is 14.4. The van der Waals surface area contributed by atoms with Crippen LogP contribution < -0.4 is 10.6 Å². The Labute approximate surface area is 141 Å². The summed E-state index contributed by atoms with van der Waals surface area (Å²) < 4.78 is 10.2. The molecule has 0 spiro atoms. The number of carbonyl (C=O) groups is 3. The lowest BCUT2D eigenvalue weighted by molar-refractivity contribution is -0.156. The molecule has 1 aromatic carbocycles. The van der Waals surface area contributed by atoms with Crippen LogP contribution in [-0.2, 0) is 25.7 Å². The normalized spacial score (nSPS) is 12.0. The van der Waals surface area contributed by atoms with Crippen LogP contribution in [-0.4, -0.2) is 36.7 Å². The molecule has 24 heavy (non-hydrogen) atoms. The number of rotatable bonds is 6. The molecule has 2 amide bonds. The molecule has 0 heterocycles. The smallest absolute Gasteiger partial charge is 0.408 e. The number of hydrogen-bond donors (Lipinski definition) is 2. The van der Waals surface area contributed by atoms with E-state index in [1.807, 2.05) is 30.3 Å². The minimum Gasteiger partial charge on any atom is -0.460 e. The molecule has 2 N–H and O–H groups in total. The molecule has 0 bridgehead atoms. The molecule has 0 saturated carbocycles. The zero-order valence-corrected chi connectivity index (χ0v) is 14.4. The van der Waals surface area contributed by atoms with Crippen molar-refractivity contribution < 1.29 is 23.9 Å². The molecule has 0 aromatic heterocycles. The Morgan fingerprint density at radius 2 is 1.75 bits per heavy atom. The summed E-state index contributed by atoms with van der Waals surface area (Å²) in [6.07, 6.45) is -1.06. The van der Waals surface area contributed by atoms with E-state index in [-0.39, 0.29) is 13.0 Å². The number of likely N-dealkylation sites (N-methyl/N-ethyl adjacent to an activating group) is 1. The van der Waals surface area contributed by atoms with E-state index in [1.54, 1.807) is 20.8 Å². The molecular weight excluding hydrogens is 312 g/mol. The summed E-state index contributed by atoms with van der Waals surface area (Å²) >= 11 is 0. The number of ether oxygens (including phenoxy) is 2. The summed E-state index contributed by atoms with van der Waals surface area (Å²) in [6.45, 7) is 5.24. The molecule has 7 nitrogen and oxygen atoms in total. The van der Waals surface area contributed by atoms with Gasteiger partial charge in [0.1, 0.15) is 18.2 Å². The summed E-state index contributed by atoms with van der Waals surface area (Å²) in [4.78, 5) is 35.5. The number of alkyl carbamates (subject to hydrolysis) is 1. The van der Waals surface area contributed by atoms with Gasteiger partial charge in [-0.1, -0.05) is 30.3 Å². The second kappa shape index (κ2) is 8.90. The number of benzene rings is 1. The highest BCUT2D eigenvalue weighted by Crippen LogP contribution is 2.10. The molecule has 1 aromatic rings. The van der Waals surface area contributed by atoms with Gasteiger partial charge in [0.25, 0.3) is 0 Å². The lowest BCUT2D eigenvalue weighted by Crippen LogP contribution is -2.47. The first-order chi connectivity index (χ1) is 11.2. The van der Waals surface area contributed by atoms with Crippen molar-refractivity contribution >= 4 is 18.0 Å². The molecule has 0 radical (unpaired) electrons. The van der Waals surface area contributed by atoms with Gasteiger partial charge in [-0.25, -0.2) is 4.79 Å². The molecule has 0 unspecified atom stereocenters. The topological polar surface area (TPSA) is 93.7 Å². The maximum absolute atomic E-state index is 11.9. The summed E-state index contributed by atoms with van der Waals surface area (Å²) in [5.41, 5.74) is 0.147. The van der Waals surface area contributed by atoms with Crippen LogP contribution in [0.25, 0.3) is 0 Å². The van der Waals surface area contributed by atoms with E-state index in [2.05, 4.69) is 10.6 Å². The largest absolute Gasteiger partial charge is 0.460 e. The van der Waals surface area contributed by atoms with Gasteiger partial charge in [0, 0.05) is 7.05 Å². The SMILES string of the molecule is CNC(=O)[C@H](CC(=O)OC(C)(C)C)NC(=O)OCc1ccccc1. The molecule has 0 aliphatic carbocycles. The second-order valence-electron chi connectivity index (χ2n) is 6.16. The standard InChI is InChI=1S/C17H24N2O5/c1-17(2,3)24-14(20)10-13(15(21)18-4)19-16(22)23-11-12-8-6-5-7-9-12/h5-9,13H,10-11H2,1-4H3,(H,18,21)(H,19,22)/t13-/m0/s1. The van der Waals surface area contributed by atoms with Gasteiger partial charge in [-0.2, -0.15) is 0 Å². The minimum atomic E-state index is -1.06. The number of carbonyl (C=O) groups excluding carboxylic acids is 3. The first-order valence-corrected chi connectivity index (χ1v) is 7.62. The van der Waals surface area contributed by atoms with Crippen molar-refractivity contribution in [3.63, 3.8) is 0 Å². The molecular formula is C17H24N2O5. The van der Waals surface area contributed by atoms with Gasteiger partial charge < -0.3 is 20.1 Å². The van der Waals surface area contributed by atoms with Crippen LogP contribution >= 0.6 is 0 Å². The first kappa shape index (κ1) is 19.5. The molecule has 1 rings (SSSR count). The van der Waals surface area contributed by atoms with Crippen molar-refractivity contribution in [2.45, 2.75) is 45.4 Å². The van der Waals surface area contributed by atoms with Crippen LogP contribution in [0.2, 0.25) is 0 Å². The quantitative estimate of drug-likeness (QED) is 0.772. The number of hydrogen-bond acceptors (Lipinski definition) is 5. The van der Waals surface area contributed by atoms with Crippen molar-refractivity contribution in [1.29, 1.82) is 0 Å². The Hall–Kier alpha value is -2.57. The average molecular weight is 336 g/mol. The lowest BCUT2D eigenvalue weighted by atomic mass is 10.1. The third kappa shape index (κ3) is 7.62. The second-order valence-corrected chi connectivity index (χ2v) is 6.16. The van der Waals surface area contributed by atoms with E-state index < -0.39 is 29.6 Å². The fraction of sp³-hybridized carbons (Fsp3) is 0.471. The number of esters is 1. The van der Waals surface area contributed by atoms with Crippen LogP contribution in [0.15, 0.2) is 30.3 Å². The summed E-state index contributed by atoms with van der Waals surface area (Å²) in [5.74, 6) is -1.09. The molecule has 7 heteroatoms. The van der Waals surface area contributed by atoms with E-state index in [4.69, 9.17) is 9.47 Å². The Balaban J connectivity index is 2.57. The Kier molecular flexibility index (Phi) is 7.23. The van der Waals surface area contributed by atoms with E-state index in [0.29, 0.717) is 0 Å². The lowest BCUT2D eigenvalue weighted by Gasteiger charge is -2.22. The highest BCUT2D eigenvalue weighted by atomic mass is 16.6. The zero-order chi connectivity index (χ0) is 18.2. The monoisotopic (exact) mass is 336 g/mol. The molecule has 132 valence electrons. The first-order valence-electron chi connectivity index (χ1n) is 7.62. The summed E-state index contributed by atoms with van der Waals surface area (Å²) in [7, 11) is 1.42.